The van der Waals surface area contributed by atoms with E-state index in [0.29, 0.717) is 49.7 Å². The predicted molar refractivity (Wildman–Crippen MR) is 166 cm³/mol. The molecule has 1 heterocycles. The summed E-state index contributed by atoms with van der Waals surface area (Å²) >= 11 is 22.6. The Labute approximate surface area is 248 Å². The normalized spacial score (nSPS) is 14.5. The molecule has 0 spiro atoms. The molecule has 0 aromatic heterocycles. The Hall–Kier alpha value is -2.55. The van der Waals surface area contributed by atoms with Gasteiger partial charge >= 0.3 is 0 Å². The molecule has 0 N–H and O–H groups in total. The molecule has 0 radical (unpaired) electrons. The van der Waals surface area contributed by atoms with Gasteiger partial charge in [-0.2, -0.15) is 0 Å². The fourth-order valence-electron chi connectivity index (χ4n) is 4.11. The Morgan fingerprint density at radius 2 is 1.79 bits per heavy atom. The fourth-order valence-corrected chi connectivity index (χ4v) is 6.27. The number of fused-ring (bicyclic) bond motifs is 1. The molecule has 0 atom stereocenters. The van der Waals surface area contributed by atoms with Crippen molar-refractivity contribution >= 4 is 95.9 Å². The second-order valence-electron chi connectivity index (χ2n) is 8.31. The summed E-state index contributed by atoms with van der Waals surface area (Å²) < 4.78 is 13.3. The summed E-state index contributed by atoms with van der Waals surface area (Å²) in [7, 11) is 0. The second-order valence-corrected chi connectivity index (χ2v) is 11.6. The minimum atomic E-state index is -0.233. The molecule has 4 aromatic rings. The standard InChI is InChI=1S/C29H20BrCl2NO3S2/c1-2-35-25-13-17(14-26-28(34)33(29(37)38-26)20-10-11-23(31)24(32)15-20)12-22(30)27(25)36-16-19-8-5-7-18-6-3-4-9-21(18)19/h3-15H,2,16H2,1H3/b26-14-. The van der Waals surface area contributed by atoms with E-state index in [1.54, 1.807) is 24.3 Å². The van der Waals surface area contributed by atoms with Crippen LogP contribution in [0.25, 0.3) is 16.8 Å². The molecule has 1 aliphatic rings. The number of thiocarbonyl (C=S) groups is 1. The molecule has 38 heavy (non-hydrogen) atoms. The Morgan fingerprint density at radius 3 is 2.58 bits per heavy atom. The van der Waals surface area contributed by atoms with Gasteiger partial charge in [0.1, 0.15) is 6.61 Å². The van der Waals surface area contributed by atoms with E-state index in [1.165, 1.54) is 16.7 Å². The van der Waals surface area contributed by atoms with Crippen LogP contribution < -0.4 is 14.4 Å². The van der Waals surface area contributed by atoms with E-state index in [2.05, 4.69) is 40.2 Å². The van der Waals surface area contributed by atoms with Crippen molar-refractivity contribution in [3.63, 3.8) is 0 Å². The monoisotopic (exact) mass is 643 g/mol. The van der Waals surface area contributed by atoms with Gasteiger partial charge in [-0.3, -0.25) is 9.69 Å². The minimum Gasteiger partial charge on any atom is -0.490 e. The number of rotatable bonds is 7. The van der Waals surface area contributed by atoms with Crippen LogP contribution in [0.2, 0.25) is 10.0 Å². The van der Waals surface area contributed by atoms with Crippen LogP contribution in [0, 0.1) is 0 Å². The zero-order valence-corrected chi connectivity index (χ0v) is 24.8. The van der Waals surface area contributed by atoms with Crippen LogP contribution >= 0.6 is 63.1 Å². The summed E-state index contributed by atoms with van der Waals surface area (Å²) in [5, 5.41) is 3.06. The second kappa shape index (κ2) is 11.7. The molecule has 1 saturated heterocycles. The topological polar surface area (TPSA) is 38.8 Å². The quantitative estimate of drug-likeness (QED) is 0.148. The third-order valence-corrected chi connectivity index (χ3v) is 8.47. The van der Waals surface area contributed by atoms with Gasteiger partial charge in [-0.25, -0.2) is 0 Å². The van der Waals surface area contributed by atoms with Crippen LogP contribution in [0.5, 0.6) is 11.5 Å². The lowest BCUT2D eigenvalue weighted by atomic mass is 10.1. The first-order chi connectivity index (χ1) is 18.4. The first-order valence-corrected chi connectivity index (χ1v) is 14.4. The SMILES string of the molecule is CCOc1cc(/C=C2\SC(=S)N(c3ccc(Cl)c(Cl)c3)C2=O)cc(Br)c1OCc1cccc2ccccc12. The van der Waals surface area contributed by atoms with Crippen LogP contribution in [0.4, 0.5) is 5.69 Å². The number of ether oxygens (including phenoxy) is 2. The fraction of sp³-hybridized carbons (Fsp3) is 0.103. The summed E-state index contributed by atoms with van der Waals surface area (Å²) in [4.78, 5) is 15.2. The molecule has 0 bridgehead atoms. The van der Waals surface area contributed by atoms with Crippen molar-refractivity contribution in [2.45, 2.75) is 13.5 Å². The summed E-state index contributed by atoms with van der Waals surface area (Å²) in [5.41, 5.74) is 2.42. The smallest absolute Gasteiger partial charge is 0.270 e. The van der Waals surface area contributed by atoms with E-state index in [4.69, 9.17) is 44.9 Å². The third-order valence-electron chi connectivity index (χ3n) is 5.84. The molecule has 1 aliphatic heterocycles. The number of carbonyl (C=O) groups is 1. The van der Waals surface area contributed by atoms with E-state index < -0.39 is 0 Å². The van der Waals surface area contributed by atoms with Crippen molar-refractivity contribution in [2.24, 2.45) is 0 Å². The number of halogens is 3. The molecule has 1 amide bonds. The lowest BCUT2D eigenvalue weighted by molar-refractivity contribution is -0.113. The number of hydrogen-bond donors (Lipinski definition) is 0. The largest absolute Gasteiger partial charge is 0.490 e. The van der Waals surface area contributed by atoms with Gasteiger partial charge in [-0.05, 0) is 81.2 Å². The molecule has 5 rings (SSSR count). The van der Waals surface area contributed by atoms with Gasteiger partial charge < -0.3 is 9.47 Å². The lowest BCUT2D eigenvalue weighted by Gasteiger charge is -2.16. The average Bonchev–Trinajstić information content (AvgIpc) is 3.17. The van der Waals surface area contributed by atoms with E-state index in [9.17, 15) is 4.79 Å². The van der Waals surface area contributed by atoms with Crippen molar-refractivity contribution in [3.05, 3.63) is 103 Å². The lowest BCUT2D eigenvalue weighted by Crippen LogP contribution is -2.27. The van der Waals surface area contributed by atoms with E-state index in [-0.39, 0.29) is 5.91 Å². The Balaban J connectivity index is 1.42. The third kappa shape index (κ3) is 5.58. The number of hydrogen-bond acceptors (Lipinski definition) is 5. The number of thioether (sulfide) groups is 1. The van der Waals surface area contributed by atoms with Gasteiger partial charge in [0.05, 0.1) is 31.7 Å². The molecule has 4 nitrogen and oxygen atoms in total. The van der Waals surface area contributed by atoms with Gasteiger partial charge in [0.25, 0.3) is 5.91 Å². The van der Waals surface area contributed by atoms with Gasteiger partial charge in [0.2, 0.25) is 0 Å². The van der Waals surface area contributed by atoms with Crippen LogP contribution in [0.3, 0.4) is 0 Å². The molecule has 1 fully saturated rings. The van der Waals surface area contributed by atoms with Gasteiger partial charge in [0.15, 0.2) is 15.8 Å². The highest BCUT2D eigenvalue weighted by Gasteiger charge is 2.33. The van der Waals surface area contributed by atoms with Crippen LogP contribution in [0.15, 0.2) is 82.2 Å². The molecule has 192 valence electrons. The molecule has 4 aromatic carbocycles. The summed E-state index contributed by atoms with van der Waals surface area (Å²) in [5.74, 6) is 0.942. The molecular formula is C29H20BrCl2NO3S2. The van der Waals surface area contributed by atoms with Crippen molar-refractivity contribution < 1.29 is 14.3 Å². The molecule has 9 heteroatoms. The van der Waals surface area contributed by atoms with E-state index in [1.807, 2.05) is 37.3 Å². The highest BCUT2D eigenvalue weighted by atomic mass is 79.9. The predicted octanol–water partition coefficient (Wildman–Crippen LogP) is 9.29. The maximum Gasteiger partial charge on any atom is 0.270 e. The number of nitrogens with zero attached hydrogens (tertiary/aromatic N) is 1. The van der Waals surface area contributed by atoms with Crippen LogP contribution in [0.1, 0.15) is 18.1 Å². The van der Waals surface area contributed by atoms with Crippen molar-refractivity contribution in [2.75, 3.05) is 11.5 Å². The molecule has 0 saturated carbocycles. The average molecular weight is 645 g/mol. The van der Waals surface area contributed by atoms with Gasteiger partial charge in [-0.1, -0.05) is 89.6 Å². The maximum absolute atomic E-state index is 13.3. The van der Waals surface area contributed by atoms with Gasteiger partial charge in [0, 0.05) is 0 Å². The summed E-state index contributed by atoms with van der Waals surface area (Å²) in [6.07, 6.45) is 1.79. The van der Waals surface area contributed by atoms with Crippen molar-refractivity contribution in [3.8, 4) is 11.5 Å². The first kappa shape index (κ1) is 27.0. The Morgan fingerprint density at radius 1 is 1.00 bits per heavy atom. The zero-order valence-electron chi connectivity index (χ0n) is 20.0. The van der Waals surface area contributed by atoms with Crippen molar-refractivity contribution in [1.29, 1.82) is 0 Å². The Kier molecular flexibility index (Phi) is 8.31. The number of amides is 1. The number of anilines is 1. The maximum atomic E-state index is 13.3. The van der Waals surface area contributed by atoms with E-state index >= 15 is 0 Å². The van der Waals surface area contributed by atoms with E-state index in [0.717, 1.165) is 26.4 Å². The Bertz CT molecular complexity index is 1600. The number of carbonyl (C=O) groups excluding carboxylic acids is 1. The highest BCUT2D eigenvalue weighted by Crippen LogP contribution is 2.41. The molecular weight excluding hydrogens is 625 g/mol. The van der Waals surface area contributed by atoms with Crippen LogP contribution in [-0.2, 0) is 11.4 Å². The number of benzene rings is 4. The summed E-state index contributed by atoms with van der Waals surface area (Å²) in [6.45, 7) is 2.75. The summed E-state index contributed by atoms with van der Waals surface area (Å²) in [6, 6.07) is 23.1. The van der Waals surface area contributed by atoms with Gasteiger partial charge in [-0.15, -0.1) is 0 Å². The first-order valence-electron chi connectivity index (χ1n) is 11.6. The zero-order chi connectivity index (χ0) is 26.8. The molecule has 0 aliphatic carbocycles. The minimum absolute atomic E-state index is 0.233. The highest BCUT2D eigenvalue weighted by molar-refractivity contribution is 9.10. The van der Waals surface area contributed by atoms with Crippen molar-refractivity contribution in [1.82, 2.24) is 0 Å². The molecule has 0 unspecified atom stereocenters. The van der Waals surface area contributed by atoms with Crippen LogP contribution in [-0.4, -0.2) is 16.8 Å².